The summed E-state index contributed by atoms with van der Waals surface area (Å²) in [4.78, 5) is 12.3. The van der Waals surface area contributed by atoms with Gasteiger partial charge in [-0.25, -0.2) is 23.1 Å². The van der Waals surface area contributed by atoms with Crippen molar-refractivity contribution in [3.05, 3.63) is 36.4 Å². The van der Waals surface area contributed by atoms with Gasteiger partial charge in [0.1, 0.15) is 0 Å². The van der Waals surface area contributed by atoms with E-state index in [1.54, 1.807) is 0 Å². The SMILES string of the molecule is O=S(=O)(CC1CCC(c2[nH]ccc3cnc4nccc4c23)CC1)NC1CCC1. The summed E-state index contributed by atoms with van der Waals surface area (Å²) < 4.78 is 27.7. The van der Waals surface area contributed by atoms with Crippen molar-refractivity contribution < 1.29 is 8.42 Å². The van der Waals surface area contributed by atoms with Crippen molar-refractivity contribution in [2.75, 3.05) is 5.75 Å². The molecule has 2 saturated carbocycles. The highest BCUT2D eigenvalue weighted by Crippen LogP contribution is 2.39. The van der Waals surface area contributed by atoms with E-state index in [1.165, 1.54) is 11.1 Å². The van der Waals surface area contributed by atoms with Crippen LogP contribution in [0.2, 0.25) is 0 Å². The van der Waals surface area contributed by atoms with Gasteiger partial charge in [0.25, 0.3) is 0 Å². The van der Waals surface area contributed by atoms with E-state index in [0.717, 1.165) is 61.4 Å². The maximum atomic E-state index is 12.4. The zero-order valence-electron chi connectivity index (χ0n) is 15.9. The minimum atomic E-state index is -3.15. The van der Waals surface area contributed by atoms with Crippen LogP contribution < -0.4 is 4.72 Å². The molecule has 3 heterocycles. The summed E-state index contributed by atoms with van der Waals surface area (Å²) in [7, 11) is -3.15. The summed E-state index contributed by atoms with van der Waals surface area (Å²) in [6.45, 7) is 0. The van der Waals surface area contributed by atoms with Crippen LogP contribution >= 0.6 is 0 Å². The van der Waals surface area contributed by atoms with Crippen LogP contribution in [0.4, 0.5) is 0 Å². The first-order valence-electron chi connectivity index (χ1n) is 10.3. The van der Waals surface area contributed by atoms with E-state index in [9.17, 15) is 8.42 Å². The quantitative estimate of drug-likeness (QED) is 0.683. The number of hydrogen-bond donors (Lipinski definition) is 2. The Morgan fingerprint density at radius 2 is 1.89 bits per heavy atom. The third-order valence-electron chi connectivity index (χ3n) is 6.50. The van der Waals surface area contributed by atoms with E-state index in [2.05, 4.69) is 25.7 Å². The smallest absolute Gasteiger partial charge is 0.212 e. The maximum Gasteiger partial charge on any atom is 0.212 e. The van der Waals surface area contributed by atoms with Crippen molar-refractivity contribution in [2.45, 2.75) is 56.9 Å². The van der Waals surface area contributed by atoms with Gasteiger partial charge in [-0.1, -0.05) is 6.42 Å². The second-order valence-electron chi connectivity index (χ2n) is 8.41. The fraction of sp³-hybridized carbons (Fsp3) is 0.524. The molecule has 6 nitrogen and oxygen atoms in total. The van der Waals surface area contributed by atoms with Gasteiger partial charge in [0.2, 0.25) is 10.0 Å². The van der Waals surface area contributed by atoms with Gasteiger partial charge in [-0.05, 0) is 62.5 Å². The first-order valence-corrected chi connectivity index (χ1v) is 11.9. The van der Waals surface area contributed by atoms with Crippen molar-refractivity contribution in [3.63, 3.8) is 0 Å². The van der Waals surface area contributed by atoms with Crippen LogP contribution in [-0.2, 0) is 10.0 Å². The molecule has 0 amide bonds. The predicted octanol–water partition coefficient (Wildman–Crippen LogP) is 3.86. The zero-order valence-corrected chi connectivity index (χ0v) is 16.7. The molecule has 0 radical (unpaired) electrons. The topological polar surface area (TPSA) is 87.7 Å². The lowest BCUT2D eigenvalue weighted by Crippen LogP contribution is -2.42. The monoisotopic (exact) mass is 398 g/mol. The third kappa shape index (κ3) is 3.42. The number of aromatic amines is 1. The number of H-pyrrole nitrogens is 1. The number of aromatic nitrogens is 3. The van der Waals surface area contributed by atoms with Gasteiger partial charge < -0.3 is 4.98 Å². The van der Waals surface area contributed by atoms with E-state index >= 15 is 0 Å². The Morgan fingerprint density at radius 1 is 1.07 bits per heavy atom. The first-order chi connectivity index (χ1) is 13.6. The molecule has 0 atom stereocenters. The third-order valence-corrected chi connectivity index (χ3v) is 8.10. The molecular weight excluding hydrogens is 372 g/mol. The lowest BCUT2D eigenvalue weighted by Gasteiger charge is -2.31. The molecule has 2 aliphatic rings. The van der Waals surface area contributed by atoms with Crippen LogP contribution in [0.1, 0.15) is 56.6 Å². The summed E-state index contributed by atoms with van der Waals surface area (Å²) >= 11 is 0. The Balaban J connectivity index is 1.32. The van der Waals surface area contributed by atoms with Gasteiger partial charge in [-0.15, -0.1) is 0 Å². The average Bonchev–Trinajstić information content (AvgIpc) is 3.14. The van der Waals surface area contributed by atoms with Crippen molar-refractivity contribution in [1.82, 2.24) is 19.7 Å². The molecule has 2 fully saturated rings. The minimum absolute atomic E-state index is 0.181. The number of nitrogens with zero attached hydrogens (tertiary/aromatic N) is 2. The van der Waals surface area contributed by atoms with Gasteiger partial charge in [-0.3, -0.25) is 0 Å². The van der Waals surface area contributed by atoms with E-state index in [-0.39, 0.29) is 17.7 Å². The largest absolute Gasteiger partial charge is 0.364 e. The van der Waals surface area contributed by atoms with Crippen molar-refractivity contribution >= 4 is 31.8 Å². The minimum Gasteiger partial charge on any atom is -0.364 e. The Kier molecular flexibility index (Phi) is 4.59. The van der Waals surface area contributed by atoms with Crippen LogP contribution in [0, 0.1) is 5.92 Å². The van der Waals surface area contributed by atoms with Gasteiger partial charge >= 0.3 is 0 Å². The second kappa shape index (κ2) is 7.12. The highest BCUT2D eigenvalue weighted by molar-refractivity contribution is 7.89. The van der Waals surface area contributed by atoms with Gasteiger partial charge in [0.15, 0.2) is 5.65 Å². The fourth-order valence-electron chi connectivity index (χ4n) is 4.77. The molecule has 28 heavy (non-hydrogen) atoms. The summed E-state index contributed by atoms with van der Waals surface area (Å²) in [5.74, 6) is 0.949. The van der Waals surface area contributed by atoms with E-state index in [1.807, 2.05) is 24.7 Å². The van der Waals surface area contributed by atoms with E-state index in [0.29, 0.717) is 5.92 Å². The van der Waals surface area contributed by atoms with Gasteiger partial charge in [0.05, 0.1) is 5.75 Å². The Bertz CT molecular complexity index is 1100. The molecular formula is C21H26N4O2S. The number of sulfonamides is 1. The van der Waals surface area contributed by atoms with Crippen LogP contribution in [0.15, 0.2) is 30.7 Å². The summed E-state index contributed by atoms with van der Waals surface area (Å²) in [5.41, 5.74) is 2.03. The van der Waals surface area contributed by atoms with Gasteiger partial charge in [-0.2, -0.15) is 0 Å². The summed E-state index contributed by atoms with van der Waals surface area (Å²) in [5, 5.41) is 3.44. The fourth-order valence-corrected chi connectivity index (χ4v) is 6.57. The maximum absolute atomic E-state index is 12.4. The van der Waals surface area contributed by atoms with Crippen molar-refractivity contribution in [2.24, 2.45) is 5.92 Å². The molecule has 5 rings (SSSR count). The zero-order chi connectivity index (χ0) is 19.1. The lowest BCUT2D eigenvalue weighted by molar-refractivity contribution is 0.341. The first kappa shape index (κ1) is 18.1. The van der Waals surface area contributed by atoms with E-state index in [4.69, 9.17) is 0 Å². The molecule has 0 unspecified atom stereocenters. The molecule has 148 valence electrons. The molecule has 0 saturated heterocycles. The van der Waals surface area contributed by atoms with Crippen LogP contribution in [-0.4, -0.2) is 35.2 Å². The lowest BCUT2D eigenvalue weighted by atomic mass is 9.80. The molecule has 3 aromatic rings. The Labute approximate surface area is 165 Å². The molecule has 0 spiro atoms. The Hall–Kier alpha value is -1.99. The number of hydrogen-bond acceptors (Lipinski definition) is 4. The molecule has 2 N–H and O–H groups in total. The average molecular weight is 399 g/mol. The molecule has 3 aromatic heterocycles. The van der Waals surface area contributed by atoms with Crippen LogP contribution in [0.25, 0.3) is 21.8 Å². The summed E-state index contributed by atoms with van der Waals surface area (Å²) in [6, 6.07) is 4.27. The van der Waals surface area contributed by atoms with Crippen molar-refractivity contribution in [3.8, 4) is 0 Å². The highest BCUT2D eigenvalue weighted by atomic mass is 32.2. The summed E-state index contributed by atoms with van der Waals surface area (Å²) in [6.07, 6.45) is 12.7. The molecule has 0 aliphatic heterocycles. The Morgan fingerprint density at radius 3 is 2.64 bits per heavy atom. The number of fused-ring (bicyclic) bond motifs is 3. The second-order valence-corrected chi connectivity index (χ2v) is 10.2. The molecule has 0 aromatic carbocycles. The molecule has 0 bridgehead atoms. The van der Waals surface area contributed by atoms with E-state index < -0.39 is 10.0 Å². The molecule has 7 heteroatoms. The normalized spacial score (nSPS) is 23.9. The number of rotatable bonds is 5. The number of pyridine rings is 2. The van der Waals surface area contributed by atoms with Crippen molar-refractivity contribution in [1.29, 1.82) is 0 Å². The molecule has 2 aliphatic carbocycles. The van der Waals surface area contributed by atoms with Gasteiger partial charge in [0, 0.05) is 46.5 Å². The van der Waals surface area contributed by atoms with Crippen LogP contribution in [0.3, 0.4) is 0 Å². The highest BCUT2D eigenvalue weighted by Gasteiger charge is 2.30. The number of nitrogens with one attached hydrogen (secondary N) is 2. The standard InChI is InChI=1S/C21H26N4O2S/c26-28(27,25-17-2-1-3-17)13-14-4-6-15(7-5-14)20-19-16(8-10-22-20)12-24-21-18(19)9-11-23-21/h8-12,14-15,17,22,25H,1-7,13H2. The predicted molar refractivity (Wildman–Crippen MR) is 111 cm³/mol. The van der Waals surface area contributed by atoms with Crippen LogP contribution in [0.5, 0.6) is 0 Å².